The summed E-state index contributed by atoms with van der Waals surface area (Å²) in [4.78, 5) is 27.8. The Morgan fingerprint density at radius 2 is 2.10 bits per heavy atom. The molecule has 2 amide bonds. The first kappa shape index (κ1) is 14.7. The third-order valence-electron chi connectivity index (χ3n) is 3.05. The number of hydrogen-bond acceptors (Lipinski definition) is 3. The lowest BCUT2D eigenvalue weighted by Crippen LogP contribution is -2.44. The number of nitrogens with two attached hydrogens (primary N) is 1. The van der Waals surface area contributed by atoms with Crippen LogP contribution < -0.4 is 11.1 Å². The molecule has 0 saturated carbocycles. The fourth-order valence-corrected chi connectivity index (χ4v) is 2.01. The van der Waals surface area contributed by atoms with Crippen molar-refractivity contribution in [1.29, 1.82) is 0 Å². The Hall–Kier alpha value is -2.69. The van der Waals surface area contributed by atoms with Crippen molar-refractivity contribution in [2.24, 2.45) is 5.73 Å². The summed E-state index contributed by atoms with van der Waals surface area (Å²) < 4.78 is 0. The van der Waals surface area contributed by atoms with Gasteiger partial charge in [-0.05, 0) is 25.5 Å². The van der Waals surface area contributed by atoms with Crippen molar-refractivity contribution in [3.63, 3.8) is 0 Å². The van der Waals surface area contributed by atoms with E-state index >= 15 is 0 Å². The van der Waals surface area contributed by atoms with E-state index in [1.54, 1.807) is 13.0 Å². The molecule has 108 valence electrons. The minimum absolute atomic E-state index is 0.322. The molecule has 21 heavy (non-hydrogen) atoms. The summed E-state index contributed by atoms with van der Waals surface area (Å²) in [5.41, 5.74) is 7.26. The van der Waals surface area contributed by atoms with Crippen LogP contribution in [-0.2, 0) is 4.79 Å². The Bertz CT molecular complexity index is 709. The molecule has 0 radical (unpaired) electrons. The van der Waals surface area contributed by atoms with E-state index in [9.17, 15) is 9.59 Å². The zero-order chi connectivity index (χ0) is 15.4. The van der Waals surface area contributed by atoms with Gasteiger partial charge in [-0.15, -0.1) is 6.58 Å². The van der Waals surface area contributed by atoms with Gasteiger partial charge >= 0.3 is 0 Å². The van der Waals surface area contributed by atoms with Gasteiger partial charge in [0, 0.05) is 11.6 Å². The highest BCUT2D eigenvalue weighted by atomic mass is 16.2. The van der Waals surface area contributed by atoms with Gasteiger partial charge in [0.15, 0.2) is 0 Å². The minimum atomic E-state index is -0.763. The first-order valence-corrected chi connectivity index (χ1v) is 6.56. The second kappa shape index (κ2) is 6.17. The number of carbonyl (C=O) groups excluding carboxylic acids is 2. The molecule has 2 rings (SSSR count). The number of nitrogens with zero attached hydrogens (tertiary/aromatic N) is 1. The minimum Gasteiger partial charge on any atom is -0.368 e. The average Bonchev–Trinajstić information content (AvgIpc) is 2.45. The van der Waals surface area contributed by atoms with Gasteiger partial charge in [0.2, 0.25) is 5.91 Å². The zero-order valence-electron chi connectivity index (χ0n) is 11.8. The van der Waals surface area contributed by atoms with E-state index in [1.807, 2.05) is 24.3 Å². The molecule has 0 aliphatic rings. The number of rotatable bonds is 5. The summed E-state index contributed by atoms with van der Waals surface area (Å²) in [5, 5.41) is 3.48. The van der Waals surface area contributed by atoms with E-state index in [4.69, 9.17) is 5.73 Å². The van der Waals surface area contributed by atoms with E-state index < -0.39 is 11.9 Å². The van der Waals surface area contributed by atoms with Gasteiger partial charge in [0.25, 0.3) is 5.91 Å². The molecule has 1 aromatic heterocycles. The SMILES string of the molecule is C=C(C)C[C@@H](NC(=O)c1cnc2ccccc2c1)C(N)=O. The van der Waals surface area contributed by atoms with Gasteiger partial charge < -0.3 is 11.1 Å². The molecule has 1 atom stereocenters. The van der Waals surface area contributed by atoms with Crippen LogP contribution in [0.2, 0.25) is 0 Å². The smallest absolute Gasteiger partial charge is 0.253 e. The Morgan fingerprint density at radius 1 is 1.38 bits per heavy atom. The summed E-state index contributed by atoms with van der Waals surface area (Å²) in [6, 6.07) is 8.46. The standard InChI is InChI=1S/C16H17N3O2/c1-10(2)7-14(15(17)20)19-16(21)12-8-11-5-3-4-6-13(11)18-9-12/h3-6,8-9,14H,1,7H2,2H3,(H2,17,20)(H,19,21)/t14-/m1/s1. The quantitative estimate of drug-likeness (QED) is 0.820. The Kier molecular flexibility index (Phi) is 4.33. The molecule has 5 heteroatoms. The molecule has 2 aromatic rings. The predicted octanol–water partition coefficient (Wildman–Crippen LogP) is 1.78. The van der Waals surface area contributed by atoms with Gasteiger partial charge in [-0.25, -0.2) is 0 Å². The highest BCUT2D eigenvalue weighted by molar-refractivity contribution is 5.99. The predicted molar refractivity (Wildman–Crippen MR) is 81.6 cm³/mol. The van der Waals surface area contributed by atoms with Crippen molar-refractivity contribution in [2.75, 3.05) is 0 Å². The van der Waals surface area contributed by atoms with Gasteiger partial charge in [0.05, 0.1) is 11.1 Å². The van der Waals surface area contributed by atoms with Crippen molar-refractivity contribution >= 4 is 22.7 Å². The van der Waals surface area contributed by atoms with Crippen LogP contribution >= 0.6 is 0 Å². The molecular formula is C16H17N3O2. The maximum absolute atomic E-state index is 12.2. The summed E-state index contributed by atoms with van der Waals surface area (Å²) in [6.45, 7) is 5.50. The maximum atomic E-state index is 12.2. The van der Waals surface area contributed by atoms with E-state index in [-0.39, 0.29) is 5.91 Å². The lowest BCUT2D eigenvalue weighted by atomic mass is 10.1. The van der Waals surface area contributed by atoms with Crippen molar-refractivity contribution in [3.8, 4) is 0 Å². The molecule has 0 fully saturated rings. The molecule has 0 saturated heterocycles. The van der Waals surface area contributed by atoms with Gasteiger partial charge in [0.1, 0.15) is 6.04 Å². The van der Waals surface area contributed by atoms with Crippen LogP contribution in [0.3, 0.4) is 0 Å². The van der Waals surface area contributed by atoms with E-state index in [1.165, 1.54) is 6.20 Å². The lowest BCUT2D eigenvalue weighted by Gasteiger charge is -2.15. The van der Waals surface area contributed by atoms with Crippen LogP contribution in [0, 0.1) is 0 Å². The fourth-order valence-electron chi connectivity index (χ4n) is 2.01. The molecule has 0 aliphatic heterocycles. The number of benzene rings is 1. The van der Waals surface area contributed by atoms with E-state index in [0.29, 0.717) is 12.0 Å². The summed E-state index contributed by atoms with van der Waals surface area (Å²) in [6.07, 6.45) is 1.80. The average molecular weight is 283 g/mol. The number of nitrogens with one attached hydrogen (secondary N) is 1. The number of para-hydroxylation sites is 1. The molecule has 0 unspecified atom stereocenters. The van der Waals surface area contributed by atoms with Gasteiger partial charge in [-0.2, -0.15) is 0 Å². The van der Waals surface area contributed by atoms with Crippen LogP contribution in [0.1, 0.15) is 23.7 Å². The molecule has 1 aromatic carbocycles. The molecular weight excluding hydrogens is 266 g/mol. The van der Waals surface area contributed by atoms with Crippen LogP contribution in [0.5, 0.6) is 0 Å². The van der Waals surface area contributed by atoms with Crippen LogP contribution in [0.4, 0.5) is 0 Å². The molecule has 5 nitrogen and oxygen atoms in total. The highest BCUT2D eigenvalue weighted by Crippen LogP contribution is 2.13. The summed E-state index contributed by atoms with van der Waals surface area (Å²) >= 11 is 0. The molecule has 0 spiro atoms. The molecule has 3 N–H and O–H groups in total. The van der Waals surface area contributed by atoms with Crippen molar-refractivity contribution in [3.05, 3.63) is 54.2 Å². The number of fused-ring (bicyclic) bond motifs is 1. The first-order valence-electron chi connectivity index (χ1n) is 6.56. The third-order valence-corrected chi connectivity index (χ3v) is 3.05. The number of aromatic nitrogens is 1. The van der Waals surface area contributed by atoms with Gasteiger partial charge in [-0.3, -0.25) is 14.6 Å². The Balaban J connectivity index is 2.20. The van der Waals surface area contributed by atoms with E-state index in [0.717, 1.165) is 16.5 Å². The number of amides is 2. The number of primary amides is 1. The van der Waals surface area contributed by atoms with Crippen LogP contribution in [0.25, 0.3) is 10.9 Å². The van der Waals surface area contributed by atoms with Gasteiger partial charge in [-0.1, -0.05) is 23.8 Å². The fraction of sp³-hybridized carbons (Fsp3) is 0.188. The summed E-state index contributed by atoms with van der Waals surface area (Å²) in [7, 11) is 0. The maximum Gasteiger partial charge on any atom is 0.253 e. The molecule has 0 bridgehead atoms. The van der Waals surface area contributed by atoms with Crippen molar-refractivity contribution < 1.29 is 9.59 Å². The Labute approximate surface area is 122 Å². The lowest BCUT2D eigenvalue weighted by molar-refractivity contribution is -0.119. The van der Waals surface area contributed by atoms with Crippen molar-refractivity contribution in [1.82, 2.24) is 10.3 Å². The van der Waals surface area contributed by atoms with Crippen LogP contribution in [-0.4, -0.2) is 22.8 Å². The topological polar surface area (TPSA) is 85.1 Å². The number of carbonyl (C=O) groups is 2. The Morgan fingerprint density at radius 3 is 2.76 bits per heavy atom. The molecule has 1 heterocycles. The first-order chi connectivity index (χ1) is 9.97. The van der Waals surface area contributed by atoms with Crippen molar-refractivity contribution in [2.45, 2.75) is 19.4 Å². The monoisotopic (exact) mass is 283 g/mol. The number of pyridine rings is 1. The second-order valence-electron chi connectivity index (χ2n) is 5.01. The normalized spacial score (nSPS) is 11.9. The van der Waals surface area contributed by atoms with E-state index in [2.05, 4.69) is 16.9 Å². The highest BCUT2D eigenvalue weighted by Gasteiger charge is 2.19. The third kappa shape index (κ3) is 3.66. The van der Waals surface area contributed by atoms with Crippen LogP contribution in [0.15, 0.2) is 48.7 Å². The molecule has 0 aliphatic carbocycles. The largest absolute Gasteiger partial charge is 0.368 e. The summed E-state index contributed by atoms with van der Waals surface area (Å²) in [5.74, 6) is -0.960. The number of hydrogen-bond donors (Lipinski definition) is 2. The second-order valence-corrected chi connectivity index (χ2v) is 5.01. The zero-order valence-corrected chi connectivity index (χ0v) is 11.8.